The normalized spacial score (nSPS) is 18.2. The molecule has 1 N–H and O–H groups in total. The fourth-order valence-corrected chi connectivity index (χ4v) is 3.59. The van der Waals surface area contributed by atoms with Gasteiger partial charge < -0.3 is 29.2 Å². The fraction of sp³-hybridized carbons (Fsp3) is 0.391. The van der Waals surface area contributed by atoms with Gasteiger partial charge in [-0.2, -0.15) is 0 Å². The monoisotopic (exact) mass is 428 g/mol. The third-order valence-corrected chi connectivity index (χ3v) is 5.29. The Morgan fingerprint density at radius 1 is 1.10 bits per heavy atom. The Labute approximate surface area is 182 Å². The molecule has 1 aliphatic rings. The number of nitrogens with one attached hydrogen (secondary N) is 1. The minimum atomic E-state index is -0.473. The van der Waals surface area contributed by atoms with Gasteiger partial charge in [-0.1, -0.05) is 30.3 Å². The molecular formula is C23H28N2O6. The second kappa shape index (κ2) is 10.7. The molecule has 0 spiro atoms. The van der Waals surface area contributed by atoms with Crippen molar-refractivity contribution in [1.29, 1.82) is 0 Å². The maximum atomic E-state index is 12.3. The molecule has 2 aromatic carbocycles. The van der Waals surface area contributed by atoms with E-state index in [9.17, 15) is 9.59 Å². The molecule has 0 radical (unpaired) electrons. The molecule has 1 saturated heterocycles. The topological polar surface area (TPSA) is 86.3 Å². The van der Waals surface area contributed by atoms with Crippen molar-refractivity contribution in [2.75, 3.05) is 39.3 Å². The number of piperidine rings is 1. The summed E-state index contributed by atoms with van der Waals surface area (Å²) in [6.07, 6.45) is -0.0616. The summed E-state index contributed by atoms with van der Waals surface area (Å²) < 4.78 is 21.1. The predicted molar refractivity (Wildman–Crippen MR) is 116 cm³/mol. The molecule has 0 aromatic heterocycles. The molecule has 1 amide bonds. The Bertz CT molecular complexity index is 889. The molecule has 1 fully saturated rings. The van der Waals surface area contributed by atoms with E-state index in [1.54, 1.807) is 26.4 Å². The Balaban J connectivity index is 1.62. The zero-order valence-corrected chi connectivity index (χ0v) is 18.0. The lowest BCUT2D eigenvalue weighted by Crippen LogP contribution is -2.55. The van der Waals surface area contributed by atoms with Gasteiger partial charge in [0.05, 0.1) is 31.9 Å². The zero-order valence-electron chi connectivity index (χ0n) is 18.0. The molecule has 1 heterocycles. The minimum Gasteiger partial charge on any atom is -0.497 e. The van der Waals surface area contributed by atoms with Gasteiger partial charge in [0.15, 0.2) is 0 Å². The van der Waals surface area contributed by atoms with Gasteiger partial charge in [-0.3, -0.25) is 0 Å². The van der Waals surface area contributed by atoms with Gasteiger partial charge in [-0.15, -0.1) is 0 Å². The number of esters is 1. The molecule has 0 bridgehead atoms. The van der Waals surface area contributed by atoms with Crippen LogP contribution in [0.1, 0.15) is 22.3 Å². The first-order chi connectivity index (χ1) is 15.0. The molecule has 2 unspecified atom stereocenters. The smallest absolute Gasteiger partial charge is 0.407 e. The van der Waals surface area contributed by atoms with E-state index in [2.05, 4.69) is 10.2 Å². The van der Waals surface area contributed by atoms with Crippen molar-refractivity contribution in [3.8, 4) is 5.75 Å². The molecule has 1 aliphatic heterocycles. The number of hydrogen-bond acceptors (Lipinski definition) is 7. The van der Waals surface area contributed by atoms with Gasteiger partial charge in [0, 0.05) is 32.0 Å². The van der Waals surface area contributed by atoms with Crippen LogP contribution in [0.4, 0.5) is 10.5 Å². The molecule has 2 atom stereocenters. The second-order valence-corrected chi connectivity index (χ2v) is 7.23. The summed E-state index contributed by atoms with van der Waals surface area (Å²) in [5.41, 5.74) is 2.16. The highest BCUT2D eigenvalue weighted by atomic mass is 16.5. The average molecular weight is 428 g/mol. The third kappa shape index (κ3) is 5.88. The molecule has 2 aromatic rings. The van der Waals surface area contributed by atoms with Crippen LogP contribution in [0.3, 0.4) is 0 Å². The molecule has 166 valence electrons. The van der Waals surface area contributed by atoms with Crippen LogP contribution in [0, 0.1) is 0 Å². The number of carbonyl (C=O) groups excluding carboxylic acids is 2. The van der Waals surface area contributed by atoms with Crippen LogP contribution in [0.15, 0.2) is 48.5 Å². The highest BCUT2D eigenvalue weighted by Crippen LogP contribution is 2.28. The van der Waals surface area contributed by atoms with E-state index in [-0.39, 0.29) is 18.8 Å². The summed E-state index contributed by atoms with van der Waals surface area (Å²) in [6.45, 7) is 1.41. The summed E-state index contributed by atoms with van der Waals surface area (Å²) in [5, 5.41) is 2.91. The van der Waals surface area contributed by atoms with E-state index in [0.29, 0.717) is 30.8 Å². The van der Waals surface area contributed by atoms with Gasteiger partial charge in [-0.05, 0) is 24.1 Å². The number of anilines is 1. The Kier molecular flexibility index (Phi) is 7.72. The van der Waals surface area contributed by atoms with Gasteiger partial charge in [0.25, 0.3) is 0 Å². The van der Waals surface area contributed by atoms with Crippen LogP contribution in [0.25, 0.3) is 0 Å². The fourth-order valence-electron chi connectivity index (χ4n) is 3.59. The molecule has 31 heavy (non-hydrogen) atoms. The SMILES string of the molecule is COC(=O)c1cc(OC)cc(N2CCC(NC(=O)OCc3ccccc3)C(OC)C2)c1. The number of methoxy groups -OCH3 is 3. The van der Waals surface area contributed by atoms with E-state index in [1.807, 2.05) is 36.4 Å². The highest BCUT2D eigenvalue weighted by molar-refractivity contribution is 5.91. The lowest BCUT2D eigenvalue weighted by Gasteiger charge is -2.39. The van der Waals surface area contributed by atoms with E-state index in [1.165, 1.54) is 7.11 Å². The van der Waals surface area contributed by atoms with Gasteiger partial charge >= 0.3 is 12.1 Å². The second-order valence-electron chi connectivity index (χ2n) is 7.23. The van der Waals surface area contributed by atoms with E-state index in [4.69, 9.17) is 18.9 Å². The molecule has 0 aliphatic carbocycles. The maximum Gasteiger partial charge on any atom is 0.407 e. The number of nitrogens with zero attached hydrogens (tertiary/aromatic N) is 1. The first-order valence-corrected chi connectivity index (χ1v) is 10.1. The standard InChI is InChI=1S/C23H28N2O6/c1-28-19-12-17(22(26)30-3)11-18(13-19)25-10-9-20(21(14-25)29-2)24-23(27)31-15-16-7-5-4-6-8-16/h4-8,11-13,20-21H,9-10,14-15H2,1-3H3,(H,24,27). The summed E-state index contributed by atoms with van der Waals surface area (Å²) >= 11 is 0. The van der Waals surface area contributed by atoms with Crippen molar-refractivity contribution in [2.45, 2.75) is 25.2 Å². The Morgan fingerprint density at radius 2 is 1.87 bits per heavy atom. The van der Waals surface area contributed by atoms with E-state index < -0.39 is 12.1 Å². The first-order valence-electron chi connectivity index (χ1n) is 10.1. The van der Waals surface area contributed by atoms with Crippen LogP contribution >= 0.6 is 0 Å². The first kappa shape index (κ1) is 22.4. The number of hydrogen-bond donors (Lipinski definition) is 1. The number of alkyl carbamates (subject to hydrolysis) is 1. The Hall–Kier alpha value is -3.26. The number of benzene rings is 2. The quantitative estimate of drug-likeness (QED) is 0.679. The zero-order chi connectivity index (χ0) is 22.2. The van der Waals surface area contributed by atoms with Crippen LogP contribution in [-0.2, 0) is 20.8 Å². The molecule has 3 rings (SSSR count). The number of amides is 1. The lowest BCUT2D eigenvalue weighted by atomic mass is 10.0. The largest absolute Gasteiger partial charge is 0.497 e. The van der Waals surface area contributed by atoms with Crippen molar-refractivity contribution >= 4 is 17.7 Å². The van der Waals surface area contributed by atoms with Crippen LogP contribution in [0.2, 0.25) is 0 Å². The Morgan fingerprint density at radius 3 is 2.55 bits per heavy atom. The van der Waals surface area contributed by atoms with Crippen molar-refractivity contribution in [3.63, 3.8) is 0 Å². The van der Waals surface area contributed by atoms with Crippen LogP contribution < -0.4 is 15.0 Å². The van der Waals surface area contributed by atoms with Gasteiger partial charge in [0.1, 0.15) is 12.4 Å². The summed E-state index contributed by atoms with van der Waals surface area (Å²) in [4.78, 5) is 26.3. The molecule has 8 nitrogen and oxygen atoms in total. The minimum absolute atomic E-state index is 0.185. The highest BCUT2D eigenvalue weighted by Gasteiger charge is 2.31. The van der Waals surface area contributed by atoms with Crippen molar-refractivity contribution in [1.82, 2.24) is 5.32 Å². The van der Waals surface area contributed by atoms with Crippen LogP contribution in [0.5, 0.6) is 5.75 Å². The third-order valence-electron chi connectivity index (χ3n) is 5.29. The van der Waals surface area contributed by atoms with Crippen molar-refractivity contribution < 1.29 is 28.5 Å². The summed E-state index contributed by atoms with van der Waals surface area (Å²) in [7, 11) is 4.51. The number of carbonyl (C=O) groups is 2. The van der Waals surface area contributed by atoms with Crippen molar-refractivity contribution in [2.24, 2.45) is 0 Å². The maximum absolute atomic E-state index is 12.3. The molecule has 8 heteroatoms. The molecule has 0 saturated carbocycles. The van der Waals surface area contributed by atoms with Gasteiger partial charge in [0.2, 0.25) is 0 Å². The number of rotatable bonds is 7. The summed E-state index contributed by atoms with van der Waals surface area (Å²) in [5.74, 6) is 0.137. The predicted octanol–water partition coefficient (Wildman–Crippen LogP) is 3.00. The van der Waals surface area contributed by atoms with E-state index in [0.717, 1.165) is 11.3 Å². The van der Waals surface area contributed by atoms with Crippen molar-refractivity contribution in [3.05, 3.63) is 59.7 Å². The number of ether oxygens (including phenoxy) is 4. The van der Waals surface area contributed by atoms with Gasteiger partial charge in [-0.25, -0.2) is 9.59 Å². The van der Waals surface area contributed by atoms with E-state index >= 15 is 0 Å². The summed E-state index contributed by atoms with van der Waals surface area (Å²) in [6, 6.07) is 14.6. The molecular weight excluding hydrogens is 400 g/mol. The lowest BCUT2D eigenvalue weighted by molar-refractivity contribution is 0.0545. The average Bonchev–Trinajstić information content (AvgIpc) is 2.82. The van der Waals surface area contributed by atoms with Crippen LogP contribution in [-0.4, -0.2) is 58.6 Å².